The number of nitrogen functional groups attached to an aromatic ring is 1. The van der Waals surface area contributed by atoms with Gasteiger partial charge in [-0.15, -0.1) is 0 Å². The highest BCUT2D eigenvalue weighted by Gasteiger charge is 2.29. The first kappa shape index (κ1) is 14.9. The summed E-state index contributed by atoms with van der Waals surface area (Å²) in [6.45, 7) is 4.06. The summed E-state index contributed by atoms with van der Waals surface area (Å²) >= 11 is 0. The molecule has 2 N–H and O–H groups in total. The first-order chi connectivity index (χ1) is 9.67. The summed E-state index contributed by atoms with van der Waals surface area (Å²) in [7, 11) is 1.40. The first-order valence-corrected chi connectivity index (χ1v) is 7.37. The summed E-state index contributed by atoms with van der Waals surface area (Å²) in [6, 6.07) is 6.31. The minimum absolute atomic E-state index is 0.343. The number of unbranched alkanes of at least 4 members (excludes halogenated alkanes) is 1. The van der Waals surface area contributed by atoms with Crippen LogP contribution < -0.4 is 5.73 Å². The zero-order chi connectivity index (χ0) is 14.5. The van der Waals surface area contributed by atoms with E-state index >= 15 is 0 Å². The van der Waals surface area contributed by atoms with Gasteiger partial charge in [0.25, 0.3) is 0 Å². The molecular weight excluding hydrogens is 252 g/mol. The zero-order valence-electron chi connectivity index (χ0n) is 12.4. The second-order valence-electron chi connectivity index (χ2n) is 5.43. The van der Waals surface area contributed by atoms with E-state index in [2.05, 4.69) is 11.8 Å². The molecule has 0 bridgehead atoms. The van der Waals surface area contributed by atoms with E-state index in [0.29, 0.717) is 17.3 Å². The molecule has 0 spiro atoms. The highest BCUT2D eigenvalue weighted by Crippen LogP contribution is 2.30. The molecule has 20 heavy (non-hydrogen) atoms. The van der Waals surface area contributed by atoms with Crippen LogP contribution in [0.15, 0.2) is 18.2 Å². The molecule has 4 heteroatoms. The minimum atomic E-state index is -0.343. The molecule has 1 aromatic rings. The number of carbonyl (C=O) groups excluding carboxylic acids is 1. The molecule has 1 aromatic carbocycles. The van der Waals surface area contributed by atoms with Gasteiger partial charge in [-0.25, -0.2) is 4.79 Å². The summed E-state index contributed by atoms with van der Waals surface area (Å²) in [6.07, 6.45) is 4.90. The van der Waals surface area contributed by atoms with Crippen molar-refractivity contribution in [1.82, 2.24) is 4.90 Å². The number of carbonyl (C=O) groups is 1. The third kappa shape index (κ3) is 3.51. The van der Waals surface area contributed by atoms with Crippen LogP contribution >= 0.6 is 0 Å². The maximum atomic E-state index is 11.9. The van der Waals surface area contributed by atoms with Crippen molar-refractivity contribution in [2.75, 3.05) is 19.4 Å². The van der Waals surface area contributed by atoms with Crippen LogP contribution in [0.2, 0.25) is 0 Å². The maximum Gasteiger partial charge on any atom is 0.340 e. The minimum Gasteiger partial charge on any atom is -0.465 e. The second kappa shape index (κ2) is 6.75. The van der Waals surface area contributed by atoms with Crippen molar-refractivity contribution in [3.63, 3.8) is 0 Å². The van der Waals surface area contributed by atoms with E-state index in [-0.39, 0.29) is 5.97 Å². The predicted octanol–water partition coefficient (Wildman–Crippen LogP) is 2.82. The molecule has 4 nitrogen and oxygen atoms in total. The summed E-state index contributed by atoms with van der Waals surface area (Å²) < 4.78 is 4.86. The Hall–Kier alpha value is -1.55. The zero-order valence-corrected chi connectivity index (χ0v) is 12.4. The number of rotatable bonds is 7. The van der Waals surface area contributed by atoms with Gasteiger partial charge in [0.05, 0.1) is 12.7 Å². The van der Waals surface area contributed by atoms with Gasteiger partial charge in [0.2, 0.25) is 0 Å². The molecular formula is C16H24N2O2. The van der Waals surface area contributed by atoms with Crippen molar-refractivity contribution in [2.24, 2.45) is 0 Å². The lowest BCUT2D eigenvalue weighted by atomic mass is 10.0. The summed E-state index contributed by atoms with van der Waals surface area (Å²) in [5.41, 5.74) is 7.94. The molecule has 1 aliphatic rings. The van der Waals surface area contributed by atoms with Crippen LogP contribution in [0.5, 0.6) is 0 Å². The van der Waals surface area contributed by atoms with Gasteiger partial charge in [-0.3, -0.25) is 4.90 Å². The Bertz CT molecular complexity index is 470. The standard InChI is InChI=1S/C16H24N2O2/c1-3-4-10-18(13-8-9-13)11-12-6-5-7-14(17)15(12)16(19)20-2/h5-7,13H,3-4,8-11,17H2,1-2H3. The Morgan fingerprint density at radius 2 is 2.20 bits per heavy atom. The van der Waals surface area contributed by atoms with E-state index in [9.17, 15) is 4.79 Å². The van der Waals surface area contributed by atoms with Gasteiger partial charge in [0.1, 0.15) is 0 Å². The summed E-state index contributed by atoms with van der Waals surface area (Å²) in [5.74, 6) is -0.343. The number of anilines is 1. The topological polar surface area (TPSA) is 55.6 Å². The molecule has 110 valence electrons. The normalized spacial score (nSPS) is 14.6. The lowest BCUT2D eigenvalue weighted by Gasteiger charge is -2.23. The van der Waals surface area contributed by atoms with Gasteiger partial charge < -0.3 is 10.5 Å². The van der Waals surface area contributed by atoms with Crippen molar-refractivity contribution in [3.05, 3.63) is 29.3 Å². The fourth-order valence-electron chi connectivity index (χ4n) is 2.51. The van der Waals surface area contributed by atoms with Crippen LogP contribution in [0.4, 0.5) is 5.69 Å². The van der Waals surface area contributed by atoms with Gasteiger partial charge >= 0.3 is 5.97 Å². The van der Waals surface area contributed by atoms with E-state index in [4.69, 9.17) is 10.5 Å². The monoisotopic (exact) mass is 276 g/mol. The Labute approximate surface area is 120 Å². The molecule has 1 fully saturated rings. The SMILES string of the molecule is CCCCN(Cc1cccc(N)c1C(=O)OC)C1CC1. The fraction of sp³-hybridized carbons (Fsp3) is 0.562. The Morgan fingerprint density at radius 3 is 2.80 bits per heavy atom. The van der Waals surface area contributed by atoms with Crippen LogP contribution in [-0.2, 0) is 11.3 Å². The number of hydrogen-bond acceptors (Lipinski definition) is 4. The van der Waals surface area contributed by atoms with Gasteiger partial charge in [-0.2, -0.15) is 0 Å². The number of methoxy groups -OCH3 is 1. The van der Waals surface area contributed by atoms with Crippen molar-refractivity contribution in [2.45, 2.75) is 45.2 Å². The number of ether oxygens (including phenoxy) is 1. The molecule has 0 aromatic heterocycles. The molecule has 0 amide bonds. The molecule has 0 aliphatic heterocycles. The highest BCUT2D eigenvalue weighted by atomic mass is 16.5. The van der Waals surface area contributed by atoms with Crippen LogP contribution in [0.1, 0.15) is 48.5 Å². The van der Waals surface area contributed by atoms with Crippen LogP contribution in [-0.4, -0.2) is 30.6 Å². The third-order valence-corrected chi connectivity index (χ3v) is 3.81. The predicted molar refractivity (Wildman–Crippen MR) is 80.5 cm³/mol. The van der Waals surface area contributed by atoms with Crippen molar-refractivity contribution >= 4 is 11.7 Å². The van der Waals surface area contributed by atoms with Crippen molar-refractivity contribution in [3.8, 4) is 0 Å². The molecule has 0 radical (unpaired) electrons. The van der Waals surface area contributed by atoms with Gasteiger partial charge in [-0.1, -0.05) is 25.5 Å². The van der Waals surface area contributed by atoms with Crippen molar-refractivity contribution in [1.29, 1.82) is 0 Å². The van der Waals surface area contributed by atoms with E-state index in [1.54, 1.807) is 6.07 Å². The highest BCUT2D eigenvalue weighted by molar-refractivity contribution is 5.96. The summed E-state index contributed by atoms with van der Waals surface area (Å²) in [4.78, 5) is 14.4. The fourth-order valence-corrected chi connectivity index (χ4v) is 2.51. The number of benzene rings is 1. The van der Waals surface area contributed by atoms with Gasteiger partial charge in [0, 0.05) is 18.3 Å². The number of hydrogen-bond donors (Lipinski definition) is 1. The van der Waals surface area contributed by atoms with Gasteiger partial charge in [-0.05, 0) is 37.4 Å². The van der Waals surface area contributed by atoms with Crippen molar-refractivity contribution < 1.29 is 9.53 Å². The van der Waals surface area contributed by atoms with E-state index in [1.807, 2.05) is 12.1 Å². The smallest absolute Gasteiger partial charge is 0.340 e. The van der Waals surface area contributed by atoms with Crippen LogP contribution in [0.3, 0.4) is 0 Å². The van der Waals surface area contributed by atoms with Crippen LogP contribution in [0, 0.1) is 0 Å². The van der Waals surface area contributed by atoms with E-state index < -0.39 is 0 Å². The third-order valence-electron chi connectivity index (χ3n) is 3.81. The lowest BCUT2D eigenvalue weighted by molar-refractivity contribution is 0.0599. The lowest BCUT2D eigenvalue weighted by Crippen LogP contribution is -2.28. The molecule has 0 unspecified atom stereocenters. The Morgan fingerprint density at radius 1 is 1.45 bits per heavy atom. The first-order valence-electron chi connectivity index (χ1n) is 7.37. The van der Waals surface area contributed by atoms with E-state index in [0.717, 1.165) is 18.7 Å². The summed E-state index contributed by atoms with van der Waals surface area (Å²) in [5, 5.41) is 0. The average molecular weight is 276 g/mol. The average Bonchev–Trinajstić information content (AvgIpc) is 3.27. The molecule has 2 rings (SSSR count). The number of nitrogens with two attached hydrogens (primary N) is 1. The number of esters is 1. The maximum absolute atomic E-state index is 11.9. The second-order valence-corrected chi connectivity index (χ2v) is 5.43. The molecule has 0 saturated heterocycles. The molecule has 1 aliphatic carbocycles. The Balaban J connectivity index is 2.18. The van der Waals surface area contributed by atoms with Crippen LogP contribution in [0.25, 0.3) is 0 Å². The molecule has 0 atom stereocenters. The number of nitrogens with zero attached hydrogens (tertiary/aromatic N) is 1. The molecule has 0 heterocycles. The molecule has 1 saturated carbocycles. The quantitative estimate of drug-likeness (QED) is 0.614. The Kier molecular flexibility index (Phi) is 5.01. The van der Waals surface area contributed by atoms with E-state index in [1.165, 1.54) is 32.8 Å². The van der Waals surface area contributed by atoms with Gasteiger partial charge in [0.15, 0.2) is 0 Å². The largest absolute Gasteiger partial charge is 0.465 e.